The van der Waals surface area contributed by atoms with Crippen LogP contribution in [0.1, 0.15) is 41.4 Å². The Hall–Kier alpha value is -3.68. The molecule has 2 aromatic rings. The molecule has 0 heterocycles. The van der Waals surface area contributed by atoms with E-state index < -0.39 is 40.6 Å². The maximum atomic E-state index is 11.5. The van der Waals surface area contributed by atoms with Crippen molar-refractivity contribution >= 4 is 23.9 Å². The fourth-order valence-electron chi connectivity index (χ4n) is 2.21. The van der Waals surface area contributed by atoms with Crippen LogP contribution in [-0.4, -0.2) is 44.3 Å². The van der Waals surface area contributed by atoms with Crippen molar-refractivity contribution < 1.29 is 39.6 Å². The third kappa shape index (κ3) is 3.07. The molecular weight excluding hydrogens is 320 g/mol. The fourth-order valence-corrected chi connectivity index (χ4v) is 2.21. The summed E-state index contributed by atoms with van der Waals surface area (Å²) in [6.07, 6.45) is 0. The minimum absolute atomic E-state index is 0.0814. The number of carboxylic acids is 4. The van der Waals surface area contributed by atoms with E-state index >= 15 is 0 Å². The zero-order chi connectivity index (χ0) is 18.0. The molecule has 4 N–H and O–H groups in total. The molecular formula is C16H10O8. The van der Waals surface area contributed by atoms with Crippen LogP contribution in [0.15, 0.2) is 36.4 Å². The summed E-state index contributed by atoms with van der Waals surface area (Å²) in [7, 11) is 0. The average molecular weight is 330 g/mol. The number of rotatable bonds is 5. The van der Waals surface area contributed by atoms with Crippen LogP contribution in [0.3, 0.4) is 0 Å². The monoisotopic (exact) mass is 330 g/mol. The van der Waals surface area contributed by atoms with E-state index in [4.69, 9.17) is 10.2 Å². The molecule has 24 heavy (non-hydrogen) atoms. The molecule has 8 nitrogen and oxygen atoms in total. The Bertz CT molecular complexity index is 882. The van der Waals surface area contributed by atoms with Crippen LogP contribution >= 0.6 is 0 Å². The SMILES string of the molecule is O=C(O)c1cccc(-c2cc(C(=O)O)cc(C(=O)O)c2C(=O)O)c1. The molecule has 0 saturated heterocycles. The van der Waals surface area contributed by atoms with Gasteiger partial charge < -0.3 is 20.4 Å². The van der Waals surface area contributed by atoms with Gasteiger partial charge in [-0.05, 0) is 35.4 Å². The van der Waals surface area contributed by atoms with Crippen LogP contribution in [0.4, 0.5) is 0 Å². The predicted octanol–water partition coefficient (Wildman–Crippen LogP) is 2.15. The lowest BCUT2D eigenvalue weighted by molar-refractivity contribution is 0.0649. The second kappa shape index (κ2) is 6.21. The number of carbonyl (C=O) groups is 4. The summed E-state index contributed by atoms with van der Waals surface area (Å²) < 4.78 is 0. The van der Waals surface area contributed by atoms with Crippen LogP contribution < -0.4 is 0 Å². The standard InChI is InChI=1S/C16H10O8/c17-13(18)8-3-1-2-7(4-8)10-5-9(14(19)20)6-11(15(21)22)12(10)16(23)24/h1-6H,(H,17,18)(H,19,20)(H,21,22)(H,23,24). The van der Waals surface area contributed by atoms with E-state index in [0.717, 1.165) is 18.2 Å². The van der Waals surface area contributed by atoms with Gasteiger partial charge in [0.2, 0.25) is 0 Å². The molecule has 0 aromatic heterocycles. The van der Waals surface area contributed by atoms with Gasteiger partial charge in [0.25, 0.3) is 0 Å². The molecule has 2 rings (SSSR count). The van der Waals surface area contributed by atoms with Gasteiger partial charge in [-0.3, -0.25) is 0 Å². The maximum Gasteiger partial charge on any atom is 0.337 e. The summed E-state index contributed by atoms with van der Waals surface area (Å²) in [5.41, 5.74) is -2.00. The summed E-state index contributed by atoms with van der Waals surface area (Å²) in [5.74, 6) is -5.88. The minimum atomic E-state index is -1.61. The zero-order valence-electron chi connectivity index (χ0n) is 11.9. The van der Waals surface area contributed by atoms with Crippen molar-refractivity contribution in [1.29, 1.82) is 0 Å². The lowest BCUT2D eigenvalue weighted by Gasteiger charge is -2.12. The number of hydrogen-bond donors (Lipinski definition) is 4. The first-order chi connectivity index (χ1) is 11.2. The molecule has 0 saturated carbocycles. The van der Waals surface area contributed by atoms with Crippen LogP contribution in [0.5, 0.6) is 0 Å². The zero-order valence-corrected chi connectivity index (χ0v) is 11.9. The van der Waals surface area contributed by atoms with Crippen LogP contribution in [0.2, 0.25) is 0 Å². The highest BCUT2D eigenvalue weighted by Crippen LogP contribution is 2.29. The largest absolute Gasteiger partial charge is 0.478 e. The van der Waals surface area contributed by atoms with Gasteiger partial charge in [0.15, 0.2) is 0 Å². The van der Waals surface area contributed by atoms with Gasteiger partial charge in [0, 0.05) is 0 Å². The fraction of sp³-hybridized carbons (Fsp3) is 0. The molecule has 8 heteroatoms. The third-order valence-corrected chi connectivity index (χ3v) is 3.25. The number of benzene rings is 2. The molecule has 0 aliphatic heterocycles. The Balaban J connectivity index is 2.87. The molecule has 0 fully saturated rings. The van der Waals surface area contributed by atoms with E-state index in [1.54, 1.807) is 0 Å². The molecule has 122 valence electrons. The maximum absolute atomic E-state index is 11.5. The number of carboxylic acid groups (broad SMARTS) is 4. The molecule has 0 aliphatic rings. The highest BCUT2D eigenvalue weighted by molar-refractivity contribution is 6.09. The Labute approximate surface area is 134 Å². The van der Waals surface area contributed by atoms with Crippen molar-refractivity contribution in [2.45, 2.75) is 0 Å². The van der Waals surface area contributed by atoms with E-state index in [0.29, 0.717) is 0 Å². The topological polar surface area (TPSA) is 149 Å². The van der Waals surface area contributed by atoms with Crippen molar-refractivity contribution in [2.24, 2.45) is 0 Å². The lowest BCUT2D eigenvalue weighted by Crippen LogP contribution is -2.12. The first-order valence-corrected chi connectivity index (χ1v) is 6.44. The molecule has 0 aliphatic carbocycles. The normalized spacial score (nSPS) is 10.2. The van der Waals surface area contributed by atoms with Crippen molar-refractivity contribution in [3.8, 4) is 11.1 Å². The Morgan fingerprint density at radius 2 is 1.29 bits per heavy atom. The van der Waals surface area contributed by atoms with Crippen molar-refractivity contribution in [2.75, 3.05) is 0 Å². The third-order valence-electron chi connectivity index (χ3n) is 3.25. The molecule has 0 atom stereocenters. The number of hydrogen-bond acceptors (Lipinski definition) is 4. The average Bonchev–Trinajstić information content (AvgIpc) is 2.53. The van der Waals surface area contributed by atoms with Gasteiger partial charge in [-0.2, -0.15) is 0 Å². The Morgan fingerprint density at radius 3 is 1.79 bits per heavy atom. The summed E-state index contributed by atoms with van der Waals surface area (Å²) in [6.45, 7) is 0. The second-order valence-electron chi connectivity index (χ2n) is 4.75. The minimum Gasteiger partial charge on any atom is -0.478 e. The summed E-state index contributed by atoms with van der Waals surface area (Å²) in [5, 5.41) is 36.6. The van der Waals surface area contributed by atoms with E-state index in [9.17, 15) is 29.4 Å². The van der Waals surface area contributed by atoms with Gasteiger partial charge in [0.1, 0.15) is 0 Å². The molecule has 0 bridgehead atoms. The first-order valence-electron chi connectivity index (χ1n) is 6.44. The Morgan fingerprint density at radius 1 is 0.667 bits per heavy atom. The summed E-state index contributed by atoms with van der Waals surface area (Å²) in [6, 6.07) is 6.87. The van der Waals surface area contributed by atoms with E-state index in [-0.39, 0.29) is 16.7 Å². The quantitative estimate of drug-likeness (QED) is 0.651. The van der Waals surface area contributed by atoms with Crippen molar-refractivity contribution in [3.05, 3.63) is 58.7 Å². The van der Waals surface area contributed by atoms with Crippen LogP contribution in [0.25, 0.3) is 11.1 Å². The Kier molecular flexibility index (Phi) is 4.32. The van der Waals surface area contributed by atoms with E-state index in [1.807, 2.05) is 0 Å². The summed E-state index contributed by atoms with van der Waals surface area (Å²) >= 11 is 0. The van der Waals surface area contributed by atoms with Gasteiger partial charge in [0.05, 0.1) is 22.3 Å². The van der Waals surface area contributed by atoms with Crippen molar-refractivity contribution in [1.82, 2.24) is 0 Å². The van der Waals surface area contributed by atoms with Gasteiger partial charge in [-0.15, -0.1) is 0 Å². The molecule has 0 spiro atoms. The molecule has 2 aromatic carbocycles. The predicted molar refractivity (Wildman–Crippen MR) is 79.7 cm³/mol. The van der Waals surface area contributed by atoms with Crippen LogP contribution in [0, 0.1) is 0 Å². The van der Waals surface area contributed by atoms with Crippen LogP contribution in [-0.2, 0) is 0 Å². The highest BCUT2D eigenvalue weighted by Gasteiger charge is 2.24. The lowest BCUT2D eigenvalue weighted by atomic mass is 9.92. The second-order valence-corrected chi connectivity index (χ2v) is 4.75. The molecule has 0 amide bonds. The molecule has 0 unspecified atom stereocenters. The van der Waals surface area contributed by atoms with E-state index in [2.05, 4.69) is 0 Å². The van der Waals surface area contributed by atoms with Crippen molar-refractivity contribution in [3.63, 3.8) is 0 Å². The summed E-state index contributed by atoms with van der Waals surface area (Å²) in [4.78, 5) is 45.0. The highest BCUT2D eigenvalue weighted by atomic mass is 16.4. The first kappa shape index (κ1) is 16.7. The van der Waals surface area contributed by atoms with Gasteiger partial charge in [-0.1, -0.05) is 12.1 Å². The molecule has 0 radical (unpaired) electrons. The smallest absolute Gasteiger partial charge is 0.337 e. The van der Waals surface area contributed by atoms with Gasteiger partial charge >= 0.3 is 23.9 Å². The number of aromatic carboxylic acids is 4. The van der Waals surface area contributed by atoms with E-state index in [1.165, 1.54) is 18.2 Å². The van der Waals surface area contributed by atoms with Gasteiger partial charge in [-0.25, -0.2) is 19.2 Å².